The lowest BCUT2D eigenvalue weighted by Gasteiger charge is -2.25. The molecule has 0 saturated carbocycles. The van der Waals surface area contributed by atoms with Crippen LogP contribution in [-0.2, 0) is 0 Å². The van der Waals surface area contributed by atoms with Crippen LogP contribution in [0.4, 0.5) is 5.82 Å². The minimum absolute atomic E-state index is 0.305. The highest BCUT2D eigenvalue weighted by Crippen LogP contribution is 2.17. The number of aromatic nitrogens is 2. The van der Waals surface area contributed by atoms with Crippen molar-refractivity contribution in [1.82, 2.24) is 9.97 Å². The highest BCUT2D eigenvalue weighted by Gasteiger charge is 2.11. The van der Waals surface area contributed by atoms with Gasteiger partial charge in [0.05, 0.1) is 6.54 Å². The summed E-state index contributed by atoms with van der Waals surface area (Å²) in [5.41, 5.74) is 0. The molecule has 1 aromatic rings. The molecule has 1 heterocycles. The van der Waals surface area contributed by atoms with Crippen LogP contribution in [0.1, 0.15) is 27.7 Å². The van der Waals surface area contributed by atoms with Crippen LogP contribution in [0.5, 0.6) is 5.88 Å². The lowest BCUT2D eigenvalue weighted by Crippen LogP contribution is -2.31. The van der Waals surface area contributed by atoms with E-state index in [1.807, 2.05) is 13.0 Å². The second kappa shape index (κ2) is 8.00. The van der Waals surface area contributed by atoms with Crippen LogP contribution in [0.25, 0.3) is 0 Å². The van der Waals surface area contributed by atoms with Gasteiger partial charge < -0.3 is 9.64 Å². The molecule has 1 aromatic heterocycles. The van der Waals surface area contributed by atoms with Gasteiger partial charge in [-0.1, -0.05) is 11.8 Å². The van der Waals surface area contributed by atoms with Gasteiger partial charge in [-0.3, -0.25) is 0 Å². The predicted molar refractivity (Wildman–Crippen MR) is 76.9 cm³/mol. The molecule has 0 unspecified atom stereocenters. The van der Waals surface area contributed by atoms with E-state index in [1.165, 1.54) is 6.33 Å². The Bertz CT molecular complexity index is 517. The molecule has 4 heteroatoms. The summed E-state index contributed by atoms with van der Waals surface area (Å²) < 4.78 is 5.43. The third-order valence-electron chi connectivity index (χ3n) is 2.44. The molecule has 0 aliphatic rings. The molecule has 19 heavy (non-hydrogen) atoms. The summed E-state index contributed by atoms with van der Waals surface area (Å²) in [6.45, 7) is 8.78. The van der Waals surface area contributed by atoms with Crippen molar-refractivity contribution < 1.29 is 4.74 Å². The summed E-state index contributed by atoms with van der Waals surface area (Å²) in [5.74, 6) is 12.9. The topological polar surface area (TPSA) is 38.2 Å². The maximum Gasteiger partial charge on any atom is 0.219 e. The van der Waals surface area contributed by atoms with E-state index in [0.717, 1.165) is 5.82 Å². The number of hydrogen-bond donors (Lipinski definition) is 0. The lowest BCUT2D eigenvalue weighted by molar-refractivity contribution is 0.354. The highest BCUT2D eigenvalue weighted by atomic mass is 16.5. The first kappa shape index (κ1) is 14.9. The normalized spacial score (nSPS) is 9.11. The quantitative estimate of drug-likeness (QED) is 0.757. The van der Waals surface area contributed by atoms with Crippen molar-refractivity contribution in [2.24, 2.45) is 0 Å². The maximum absolute atomic E-state index is 5.43. The summed E-state index contributed by atoms with van der Waals surface area (Å²) in [5, 5.41) is 0. The molecule has 100 valence electrons. The van der Waals surface area contributed by atoms with Crippen LogP contribution >= 0.6 is 0 Å². The van der Waals surface area contributed by atoms with E-state index in [2.05, 4.69) is 52.4 Å². The molecule has 0 aliphatic heterocycles. The van der Waals surface area contributed by atoms with E-state index in [4.69, 9.17) is 4.74 Å². The Kier molecular flexibility index (Phi) is 6.26. The highest BCUT2D eigenvalue weighted by molar-refractivity contribution is 5.43. The minimum atomic E-state index is 0.305. The smallest absolute Gasteiger partial charge is 0.219 e. The van der Waals surface area contributed by atoms with Gasteiger partial charge in [0.2, 0.25) is 5.88 Å². The fraction of sp³-hybridized carbons (Fsp3) is 0.467. The molecule has 0 aliphatic carbocycles. The van der Waals surface area contributed by atoms with Gasteiger partial charge in [-0.05, 0) is 27.7 Å². The van der Waals surface area contributed by atoms with Crippen LogP contribution in [0.3, 0.4) is 0 Å². The van der Waals surface area contributed by atoms with Crippen molar-refractivity contribution in [3.05, 3.63) is 12.4 Å². The summed E-state index contributed by atoms with van der Waals surface area (Å²) in [7, 11) is 0. The first-order valence-corrected chi connectivity index (χ1v) is 6.19. The van der Waals surface area contributed by atoms with Gasteiger partial charge >= 0.3 is 0 Å². The van der Waals surface area contributed by atoms with E-state index in [-0.39, 0.29) is 0 Å². The van der Waals surface area contributed by atoms with E-state index in [9.17, 15) is 0 Å². The number of anilines is 1. The lowest BCUT2D eigenvalue weighted by atomic mass is 10.3. The van der Waals surface area contributed by atoms with Crippen molar-refractivity contribution in [3.63, 3.8) is 0 Å². The molecular formula is C15H19N3O. The zero-order valence-electron chi connectivity index (χ0n) is 11.9. The molecule has 0 radical (unpaired) electrons. The van der Waals surface area contributed by atoms with Crippen LogP contribution in [0, 0.1) is 23.7 Å². The fourth-order valence-corrected chi connectivity index (χ4v) is 1.44. The van der Waals surface area contributed by atoms with Crippen molar-refractivity contribution in [2.45, 2.75) is 33.7 Å². The van der Waals surface area contributed by atoms with Crippen LogP contribution in [-0.4, -0.2) is 29.2 Å². The SMILES string of the molecule is CC#CCOc1cc(N(CC#CC)C(C)C)ncn1. The number of hydrogen-bond acceptors (Lipinski definition) is 4. The molecule has 1 rings (SSSR count). The van der Waals surface area contributed by atoms with Gasteiger partial charge in [-0.15, -0.1) is 11.8 Å². The molecular weight excluding hydrogens is 238 g/mol. The first-order chi connectivity index (χ1) is 9.19. The van der Waals surface area contributed by atoms with Crippen LogP contribution in [0.2, 0.25) is 0 Å². The van der Waals surface area contributed by atoms with Crippen molar-refractivity contribution in [3.8, 4) is 29.6 Å². The van der Waals surface area contributed by atoms with Gasteiger partial charge in [0.1, 0.15) is 12.1 Å². The third-order valence-corrected chi connectivity index (χ3v) is 2.44. The number of ether oxygens (including phenoxy) is 1. The zero-order valence-corrected chi connectivity index (χ0v) is 11.9. The molecule has 0 spiro atoms. The zero-order chi connectivity index (χ0) is 14.1. The van der Waals surface area contributed by atoms with Gasteiger partial charge in [0.25, 0.3) is 0 Å². The van der Waals surface area contributed by atoms with E-state index in [0.29, 0.717) is 25.1 Å². The standard InChI is InChI=1S/C15H19N3O/c1-5-7-9-18(13(3)4)14-11-15(17-12-16-14)19-10-8-6-2/h11-13H,9-10H2,1-4H3. The monoisotopic (exact) mass is 257 g/mol. The maximum atomic E-state index is 5.43. The summed E-state index contributed by atoms with van der Waals surface area (Å²) in [6.07, 6.45) is 1.50. The Morgan fingerprint density at radius 2 is 1.95 bits per heavy atom. The molecule has 0 amide bonds. The minimum Gasteiger partial charge on any atom is -0.464 e. The Morgan fingerprint density at radius 1 is 1.21 bits per heavy atom. The third kappa shape index (κ3) is 4.89. The molecule has 4 nitrogen and oxygen atoms in total. The van der Waals surface area contributed by atoms with Gasteiger partial charge in [0.15, 0.2) is 6.61 Å². The Morgan fingerprint density at radius 3 is 2.58 bits per heavy atom. The fourth-order valence-electron chi connectivity index (χ4n) is 1.44. The first-order valence-electron chi connectivity index (χ1n) is 6.19. The van der Waals surface area contributed by atoms with E-state index >= 15 is 0 Å². The van der Waals surface area contributed by atoms with Gasteiger partial charge in [0, 0.05) is 12.1 Å². The second-order valence-corrected chi connectivity index (χ2v) is 4.08. The Hall–Kier alpha value is -2.20. The summed E-state index contributed by atoms with van der Waals surface area (Å²) in [6, 6.07) is 2.12. The van der Waals surface area contributed by atoms with E-state index < -0.39 is 0 Å². The van der Waals surface area contributed by atoms with Gasteiger partial charge in [-0.25, -0.2) is 9.97 Å². The van der Waals surface area contributed by atoms with Crippen molar-refractivity contribution in [1.29, 1.82) is 0 Å². The average molecular weight is 257 g/mol. The Labute approximate surface area is 115 Å². The Balaban J connectivity index is 2.86. The summed E-state index contributed by atoms with van der Waals surface area (Å²) in [4.78, 5) is 10.4. The van der Waals surface area contributed by atoms with Gasteiger partial charge in [-0.2, -0.15) is 0 Å². The van der Waals surface area contributed by atoms with Crippen molar-refractivity contribution in [2.75, 3.05) is 18.1 Å². The average Bonchev–Trinajstić information content (AvgIpc) is 2.40. The molecule has 0 aromatic carbocycles. The molecule has 0 N–H and O–H groups in total. The largest absolute Gasteiger partial charge is 0.464 e. The molecule has 0 atom stereocenters. The summed E-state index contributed by atoms with van der Waals surface area (Å²) >= 11 is 0. The second-order valence-electron chi connectivity index (χ2n) is 4.08. The number of rotatable bonds is 5. The molecule has 0 bridgehead atoms. The molecule has 0 fully saturated rings. The van der Waals surface area contributed by atoms with Crippen LogP contribution < -0.4 is 9.64 Å². The molecule has 0 saturated heterocycles. The predicted octanol–water partition coefficient (Wildman–Crippen LogP) is 2.12. The number of nitrogens with zero attached hydrogens (tertiary/aromatic N) is 3. The van der Waals surface area contributed by atoms with E-state index in [1.54, 1.807) is 6.92 Å². The van der Waals surface area contributed by atoms with Crippen LogP contribution in [0.15, 0.2) is 12.4 Å². The van der Waals surface area contributed by atoms with Crippen molar-refractivity contribution >= 4 is 5.82 Å².